The lowest BCUT2D eigenvalue weighted by molar-refractivity contribution is -0.385. The van der Waals surface area contributed by atoms with E-state index >= 15 is 0 Å². The Balaban J connectivity index is 1.93. The Morgan fingerprint density at radius 3 is 2.91 bits per heavy atom. The van der Waals surface area contributed by atoms with E-state index < -0.39 is 4.92 Å². The molecule has 1 aliphatic rings. The number of ether oxygens (including phenoxy) is 2. The van der Waals surface area contributed by atoms with Crippen LogP contribution in [0.15, 0.2) is 12.1 Å². The van der Waals surface area contributed by atoms with Gasteiger partial charge in [0.15, 0.2) is 5.75 Å². The van der Waals surface area contributed by atoms with Crippen LogP contribution in [0.4, 0.5) is 11.4 Å². The van der Waals surface area contributed by atoms with E-state index in [1.165, 1.54) is 19.2 Å². The van der Waals surface area contributed by atoms with Gasteiger partial charge in [0.2, 0.25) is 5.91 Å². The van der Waals surface area contributed by atoms with Crippen LogP contribution in [0.1, 0.15) is 18.4 Å². The zero-order valence-corrected chi connectivity index (χ0v) is 13.3. The molecule has 0 bridgehead atoms. The van der Waals surface area contributed by atoms with Crippen molar-refractivity contribution in [2.75, 3.05) is 32.1 Å². The molecule has 1 aliphatic heterocycles. The van der Waals surface area contributed by atoms with Crippen molar-refractivity contribution >= 4 is 17.3 Å². The summed E-state index contributed by atoms with van der Waals surface area (Å²) in [4.78, 5) is 22.4. The summed E-state index contributed by atoms with van der Waals surface area (Å²) in [6.45, 7) is 3.26. The third-order valence-electron chi connectivity index (χ3n) is 3.68. The van der Waals surface area contributed by atoms with Gasteiger partial charge in [0, 0.05) is 31.0 Å². The largest absolute Gasteiger partial charge is 0.490 e. The number of nitrogens with zero attached hydrogens (tertiary/aromatic N) is 1. The van der Waals surface area contributed by atoms with Crippen LogP contribution >= 0.6 is 0 Å². The number of carbonyl (C=O) groups is 1. The molecule has 8 heteroatoms. The quantitative estimate of drug-likeness (QED) is 0.584. The molecule has 2 rings (SSSR count). The molecule has 1 aromatic carbocycles. The molecule has 1 atom stereocenters. The van der Waals surface area contributed by atoms with Crippen LogP contribution in [0.5, 0.6) is 5.75 Å². The van der Waals surface area contributed by atoms with Crippen LogP contribution in [0.3, 0.4) is 0 Å². The van der Waals surface area contributed by atoms with Gasteiger partial charge in [-0.25, -0.2) is 0 Å². The van der Waals surface area contributed by atoms with Crippen molar-refractivity contribution in [3.8, 4) is 5.75 Å². The molecule has 2 N–H and O–H groups in total. The number of hydrogen-bond acceptors (Lipinski definition) is 6. The molecule has 0 spiro atoms. The van der Waals surface area contributed by atoms with Crippen LogP contribution in [-0.4, -0.2) is 43.7 Å². The van der Waals surface area contributed by atoms with Crippen LogP contribution in [0.2, 0.25) is 0 Å². The number of rotatable bonds is 7. The Labute approximate surface area is 134 Å². The maximum absolute atomic E-state index is 12.0. The normalized spacial score (nSPS) is 17.0. The maximum atomic E-state index is 12.0. The topological polar surface area (TPSA) is 103 Å². The zero-order chi connectivity index (χ0) is 16.8. The highest BCUT2D eigenvalue weighted by molar-refractivity contribution is 5.93. The molecule has 0 unspecified atom stereocenters. The molecule has 0 radical (unpaired) electrons. The average Bonchev–Trinajstić information content (AvgIpc) is 3.02. The van der Waals surface area contributed by atoms with Gasteiger partial charge in [0.25, 0.3) is 0 Å². The molecule has 1 aromatic rings. The van der Waals surface area contributed by atoms with E-state index in [1.54, 1.807) is 6.92 Å². The number of nitro groups is 1. The fourth-order valence-electron chi connectivity index (χ4n) is 2.46. The van der Waals surface area contributed by atoms with Gasteiger partial charge in [-0.1, -0.05) is 0 Å². The average molecular weight is 323 g/mol. The summed E-state index contributed by atoms with van der Waals surface area (Å²) >= 11 is 0. The molecule has 0 aliphatic carbocycles. The summed E-state index contributed by atoms with van der Waals surface area (Å²) < 4.78 is 10.5. The minimum absolute atomic E-state index is 0.114. The highest BCUT2D eigenvalue weighted by atomic mass is 16.6. The molecule has 126 valence electrons. The Hall–Kier alpha value is -2.19. The SMILES string of the molecule is COc1cc(NC(=O)CNC[C@@H]2CCCO2)c(C)cc1[N+](=O)[O-]. The molecule has 1 fully saturated rings. The Morgan fingerprint density at radius 1 is 1.52 bits per heavy atom. The number of amides is 1. The first-order chi connectivity index (χ1) is 11.0. The molecule has 1 amide bonds. The molecule has 0 aromatic heterocycles. The van der Waals surface area contributed by atoms with Crippen molar-refractivity contribution in [3.63, 3.8) is 0 Å². The predicted octanol–water partition coefficient (Wildman–Crippen LogP) is 1.62. The lowest BCUT2D eigenvalue weighted by Crippen LogP contribution is -2.33. The Morgan fingerprint density at radius 2 is 2.30 bits per heavy atom. The first-order valence-corrected chi connectivity index (χ1v) is 7.46. The van der Waals surface area contributed by atoms with Crippen LogP contribution < -0.4 is 15.4 Å². The lowest BCUT2D eigenvalue weighted by Gasteiger charge is -2.13. The molecule has 0 saturated carbocycles. The minimum atomic E-state index is -0.513. The fraction of sp³-hybridized carbons (Fsp3) is 0.533. The number of aryl methyl sites for hydroxylation is 1. The molecule has 1 saturated heterocycles. The highest BCUT2D eigenvalue weighted by Crippen LogP contribution is 2.32. The van der Waals surface area contributed by atoms with E-state index in [9.17, 15) is 14.9 Å². The highest BCUT2D eigenvalue weighted by Gasteiger charge is 2.19. The van der Waals surface area contributed by atoms with Gasteiger partial charge in [0.05, 0.1) is 24.7 Å². The first kappa shape index (κ1) is 17.2. The zero-order valence-electron chi connectivity index (χ0n) is 13.3. The van der Waals surface area contributed by atoms with E-state index in [-0.39, 0.29) is 30.0 Å². The lowest BCUT2D eigenvalue weighted by atomic mass is 10.1. The Kier molecular flexibility index (Phi) is 5.89. The van der Waals surface area contributed by atoms with E-state index in [0.29, 0.717) is 17.8 Å². The van der Waals surface area contributed by atoms with Crippen LogP contribution in [0.25, 0.3) is 0 Å². The number of benzene rings is 1. The maximum Gasteiger partial charge on any atom is 0.311 e. The second-order valence-electron chi connectivity index (χ2n) is 5.41. The van der Waals surface area contributed by atoms with Crippen LogP contribution in [0, 0.1) is 17.0 Å². The monoisotopic (exact) mass is 323 g/mol. The van der Waals surface area contributed by atoms with Gasteiger partial charge in [0.1, 0.15) is 0 Å². The van der Waals surface area contributed by atoms with E-state index in [2.05, 4.69) is 10.6 Å². The molecular weight excluding hydrogens is 302 g/mol. The van der Waals surface area contributed by atoms with Crippen molar-refractivity contribution in [2.24, 2.45) is 0 Å². The standard InChI is InChI=1S/C15H21N3O5/c1-10-6-13(18(20)21)14(22-2)7-12(10)17-15(19)9-16-8-11-4-3-5-23-11/h6-7,11,16H,3-5,8-9H2,1-2H3,(H,17,19)/t11-/m0/s1. The summed E-state index contributed by atoms with van der Waals surface area (Å²) in [5.74, 6) is -0.106. The number of nitrogens with one attached hydrogen (secondary N) is 2. The molecular formula is C15H21N3O5. The van der Waals surface area contributed by atoms with Gasteiger partial charge >= 0.3 is 5.69 Å². The predicted molar refractivity (Wildman–Crippen MR) is 84.9 cm³/mol. The summed E-state index contributed by atoms with van der Waals surface area (Å²) in [5.41, 5.74) is 0.973. The summed E-state index contributed by atoms with van der Waals surface area (Å²) in [5, 5.41) is 16.7. The van der Waals surface area contributed by atoms with Crippen molar-refractivity contribution in [2.45, 2.75) is 25.9 Å². The summed E-state index contributed by atoms with van der Waals surface area (Å²) in [6.07, 6.45) is 2.23. The number of carbonyl (C=O) groups excluding carboxylic acids is 1. The second-order valence-corrected chi connectivity index (χ2v) is 5.41. The molecule has 23 heavy (non-hydrogen) atoms. The van der Waals surface area contributed by atoms with E-state index in [1.807, 2.05) is 0 Å². The minimum Gasteiger partial charge on any atom is -0.490 e. The third-order valence-corrected chi connectivity index (χ3v) is 3.68. The van der Waals surface area contributed by atoms with Crippen molar-refractivity contribution in [3.05, 3.63) is 27.8 Å². The number of anilines is 1. The van der Waals surface area contributed by atoms with Crippen molar-refractivity contribution < 1.29 is 19.2 Å². The molecule has 8 nitrogen and oxygen atoms in total. The van der Waals surface area contributed by atoms with Crippen molar-refractivity contribution in [1.29, 1.82) is 0 Å². The smallest absolute Gasteiger partial charge is 0.311 e. The van der Waals surface area contributed by atoms with Gasteiger partial charge in [-0.05, 0) is 25.3 Å². The number of nitro benzene ring substituents is 1. The first-order valence-electron chi connectivity index (χ1n) is 7.46. The second kappa shape index (κ2) is 7.89. The van der Waals surface area contributed by atoms with Gasteiger partial charge in [-0.2, -0.15) is 0 Å². The van der Waals surface area contributed by atoms with Gasteiger partial charge in [-0.3, -0.25) is 14.9 Å². The fourth-order valence-corrected chi connectivity index (χ4v) is 2.46. The van der Waals surface area contributed by atoms with Gasteiger partial charge < -0.3 is 20.1 Å². The van der Waals surface area contributed by atoms with Crippen molar-refractivity contribution in [1.82, 2.24) is 5.32 Å². The van der Waals surface area contributed by atoms with E-state index in [4.69, 9.17) is 9.47 Å². The summed E-state index contributed by atoms with van der Waals surface area (Å²) in [6, 6.07) is 2.85. The third kappa shape index (κ3) is 4.64. The summed E-state index contributed by atoms with van der Waals surface area (Å²) in [7, 11) is 1.35. The number of methoxy groups -OCH3 is 1. The van der Waals surface area contributed by atoms with E-state index in [0.717, 1.165) is 19.4 Å². The van der Waals surface area contributed by atoms with Crippen LogP contribution in [-0.2, 0) is 9.53 Å². The molecule has 1 heterocycles. The number of hydrogen-bond donors (Lipinski definition) is 2. The Bertz CT molecular complexity index is 585. The van der Waals surface area contributed by atoms with Gasteiger partial charge in [-0.15, -0.1) is 0 Å².